The topological polar surface area (TPSA) is 349 Å². The molecule has 8 amide bonds. The first kappa shape index (κ1) is 58.7. The standard InChI is InChI=1S/C46H83N13O9/c1-26(2)22-31(25-60)54-41(64)34(23-27(3)4)56-43(66)37-17-12-20-58(37)44(67)30(8)53-40(63)33(15-9-10-18-47)55-38(61)29(7)52-42(65)36-16-13-21-59(36)45(68)35(24-28(5)6)57-39(62)32(48)14-11-19-51-46(49)50/h25-37H,9-24,47-48H2,1-8H3,(H,52,65)(H,53,63)(H,54,64)(H,55,61)(H,56,66)(H,57,62)(H4,49,50,51)/t29-,30-,31-,32-,33-,34-,35-,36-,37-/m0/s1. The minimum atomic E-state index is -1.14. The van der Waals surface area contributed by atoms with E-state index < -0.39 is 102 Å². The third-order valence-corrected chi connectivity index (χ3v) is 11.9. The quantitative estimate of drug-likeness (QED) is 0.0182. The van der Waals surface area contributed by atoms with Crippen molar-refractivity contribution in [3.63, 3.8) is 0 Å². The lowest BCUT2D eigenvalue weighted by atomic mass is 10.0. The van der Waals surface area contributed by atoms with Crippen LogP contribution in [0.15, 0.2) is 4.99 Å². The summed E-state index contributed by atoms with van der Waals surface area (Å²) < 4.78 is 0. The van der Waals surface area contributed by atoms with Crippen molar-refractivity contribution < 1.29 is 43.2 Å². The van der Waals surface area contributed by atoms with Gasteiger partial charge in [-0.2, -0.15) is 0 Å². The summed E-state index contributed by atoms with van der Waals surface area (Å²) in [4.78, 5) is 127. The number of amides is 8. The second-order valence-corrected chi connectivity index (χ2v) is 19.5. The molecule has 2 aliphatic rings. The van der Waals surface area contributed by atoms with E-state index in [0.29, 0.717) is 83.6 Å². The number of nitrogens with one attached hydrogen (secondary N) is 6. The van der Waals surface area contributed by atoms with Crippen LogP contribution in [-0.2, 0) is 43.2 Å². The highest BCUT2D eigenvalue weighted by atomic mass is 16.2. The lowest BCUT2D eigenvalue weighted by Gasteiger charge is -2.31. The summed E-state index contributed by atoms with van der Waals surface area (Å²) in [6, 6.07) is -8.72. The third-order valence-electron chi connectivity index (χ3n) is 11.9. The van der Waals surface area contributed by atoms with E-state index in [0.717, 1.165) is 0 Å². The Morgan fingerprint density at radius 3 is 1.66 bits per heavy atom. The van der Waals surface area contributed by atoms with Crippen LogP contribution in [0.25, 0.3) is 0 Å². The van der Waals surface area contributed by atoms with Crippen molar-refractivity contribution >= 4 is 59.5 Å². The van der Waals surface area contributed by atoms with E-state index in [2.05, 4.69) is 36.9 Å². The molecule has 2 fully saturated rings. The number of unbranched alkanes of at least 4 members (excludes halogenated alkanes) is 1. The molecule has 22 heteroatoms. The van der Waals surface area contributed by atoms with Crippen LogP contribution < -0.4 is 54.8 Å². The Morgan fingerprint density at radius 1 is 0.588 bits per heavy atom. The summed E-state index contributed by atoms with van der Waals surface area (Å²) in [5.41, 5.74) is 22.6. The van der Waals surface area contributed by atoms with Gasteiger partial charge in [0, 0.05) is 19.6 Å². The maximum atomic E-state index is 13.9. The molecule has 0 aromatic rings. The largest absolute Gasteiger partial charge is 0.370 e. The van der Waals surface area contributed by atoms with Crippen LogP contribution >= 0.6 is 0 Å². The van der Waals surface area contributed by atoms with E-state index in [1.54, 1.807) is 0 Å². The Hall–Kier alpha value is -5.38. The molecule has 0 saturated carbocycles. The number of likely N-dealkylation sites (tertiary alicyclic amines) is 2. The van der Waals surface area contributed by atoms with Gasteiger partial charge < -0.3 is 69.4 Å². The van der Waals surface area contributed by atoms with Gasteiger partial charge in [-0.3, -0.25) is 43.3 Å². The molecule has 0 unspecified atom stereocenters. The fraction of sp³-hybridized carbons (Fsp3) is 0.783. The molecule has 22 nitrogen and oxygen atoms in total. The van der Waals surface area contributed by atoms with Crippen molar-refractivity contribution in [2.75, 3.05) is 26.2 Å². The Kier molecular flexibility index (Phi) is 25.5. The van der Waals surface area contributed by atoms with E-state index in [1.165, 1.54) is 23.6 Å². The molecule has 0 spiro atoms. The molecular weight excluding hydrogens is 879 g/mol. The average Bonchev–Trinajstić information content (AvgIpc) is 3.97. The van der Waals surface area contributed by atoms with Crippen molar-refractivity contribution in [1.82, 2.24) is 41.7 Å². The van der Waals surface area contributed by atoms with Gasteiger partial charge in [0.25, 0.3) is 0 Å². The van der Waals surface area contributed by atoms with Gasteiger partial charge in [-0.15, -0.1) is 0 Å². The van der Waals surface area contributed by atoms with Crippen LogP contribution in [0.3, 0.4) is 0 Å². The fourth-order valence-corrected chi connectivity index (χ4v) is 8.40. The maximum absolute atomic E-state index is 13.9. The minimum Gasteiger partial charge on any atom is -0.370 e. The van der Waals surface area contributed by atoms with Gasteiger partial charge in [0.15, 0.2) is 5.96 Å². The number of hydrogen-bond acceptors (Lipinski definition) is 12. The smallest absolute Gasteiger partial charge is 0.245 e. The van der Waals surface area contributed by atoms with Crippen LogP contribution in [0.4, 0.5) is 0 Å². The summed E-state index contributed by atoms with van der Waals surface area (Å²) in [5, 5.41) is 16.4. The molecule has 2 rings (SSSR count). The van der Waals surface area contributed by atoms with E-state index in [4.69, 9.17) is 22.9 Å². The van der Waals surface area contributed by atoms with E-state index in [1.807, 2.05) is 41.5 Å². The Bertz CT molecular complexity index is 1740. The molecule has 386 valence electrons. The number of nitrogens with two attached hydrogens (primary N) is 4. The molecule has 0 aliphatic carbocycles. The molecule has 14 N–H and O–H groups in total. The Morgan fingerprint density at radius 2 is 1.12 bits per heavy atom. The lowest BCUT2D eigenvalue weighted by Crippen LogP contribution is -2.59. The van der Waals surface area contributed by atoms with Gasteiger partial charge in [0.1, 0.15) is 48.6 Å². The zero-order valence-corrected chi connectivity index (χ0v) is 41.6. The predicted octanol–water partition coefficient (Wildman–Crippen LogP) is -1.24. The number of hydrogen-bond donors (Lipinski definition) is 10. The number of nitrogens with zero attached hydrogens (tertiary/aromatic N) is 3. The number of carbonyl (C=O) groups excluding carboxylic acids is 9. The molecule has 9 atom stereocenters. The maximum Gasteiger partial charge on any atom is 0.245 e. The average molecular weight is 962 g/mol. The van der Waals surface area contributed by atoms with Gasteiger partial charge in [-0.1, -0.05) is 41.5 Å². The van der Waals surface area contributed by atoms with Crippen LogP contribution in [0, 0.1) is 17.8 Å². The first-order valence-corrected chi connectivity index (χ1v) is 24.4. The molecule has 0 bridgehead atoms. The van der Waals surface area contributed by atoms with Crippen molar-refractivity contribution in [2.24, 2.45) is 45.7 Å². The first-order valence-electron chi connectivity index (χ1n) is 24.4. The van der Waals surface area contributed by atoms with Gasteiger partial charge in [0.05, 0.1) is 12.1 Å². The summed E-state index contributed by atoms with van der Waals surface area (Å²) in [6.45, 7) is 15.5. The van der Waals surface area contributed by atoms with Gasteiger partial charge in [0.2, 0.25) is 47.3 Å². The lowest BCUT2D eigenvalue weighted by molar-refractivity contribution is -0.142. The highest BCUT2D eigenvalue weighted by molar-refractivity contribution is 5.98. The SMILES string of the molecule is CC(C)C[C@@H](C=O)NC(=O)[C@H](CC(C)C)NC(=O)[C@@H]1CCCN1C(=O)[C@H](C)NC(=O)[C@H](CCCCN)NC(=O)[C@H](C)NC(=O)[C@@H]1CCCN1C(=O)[C@H](CC(C)C)NC(=O)[C@@H](N)CCCN=C(N)N. The molecule has 0 aromatic heterocycles. The van der Waals surface area contributed by atoms with Crippen molar-refractivity contribution in [3.05, 3.63) is 0 Å². The first-order chi connectivity index (χ1) is 32.0. The number of rotatable bonds is 29. The molecular formula is C46H83N13O9. The van der Waals surface area contributed by atoms with Crippen molar-refractivity contribution in [2.45, 2.75) is 187 Å². The summed E-state index contributed by atoms with van der Waals surface area (Å²) in [7, 11) is 0. The number of carbonyl (C=O) groups is 9. The van der Waals surface area contributed by atoms with E-state index >= 15 is 0 Å². The van der Waals surface area contributed by atoms with E-state index in [-0.39, 0.29) is 49.6 Å². The summed E-state index contributed by atoms with van der Waals surface area (Å²) in [5.74, 6) is -4.31. The summed E-state index contributed by atoms with van der Waals surface area (Å²) in [6.07, 6.45) is 5.28. The van der Waals surface area contributed by atoms with Gasteiger partial charge >= 0.3 is 0 Å². The zero-order valence-electron chi connectivity index (χ0n) is 41.6. The van der Waals surface area contributed by atoms with Gasteiger partial charge in [-0.05, 0) is 115 Å². The van der Waals surface area contributed by atoms with Crippen LogP contribution in [-0.4, -0.2) is 150 Å². The minimum absolute atomic E-state index is 0.00772. The second kappa shape index (κ2) is 29.5. The van der Waals surface area contributed by atoms with Crippen LogP contribution in [0.5, 0.6) is 0 Å². The molecule has 0 aromatic carbocycles. The number of aliphatic imine (C=N–C) groups is 1. The number of guanidine groups is 1. The monoisotopic (exact) mass is 962 g/mol. The van der Waals surface area contributed by atoms with Crippen molar-refractivity contribution in [1.29, 1.82) is 0 Å². The molecule has 2 saturated heterocycles. The predicted molar refractivity (Wildman–Crippen MR) is 258 cm³/mol. The third kappa shape index (κ3) is 19.7. The highest BCUT2D eigenvalue weighted by Gasteiger charge is 2.41. The fourth-order valence-electron chi connectivity index (χ4n) is 8.40. The normalized spacial score (nSPS) is 19.0. The summed E-state index contributed by atoms with van der Waals surface area (Å²) >= 11 is 0. The van der Waals surface area contributed by atoms with Crippen LogP contribution in [0.2, 0.25) is 0 Å². The Labute approximate surface area is 402 Å². The zero-order chi connectivity index (χ0) is 51.2. The van der Waals surface area contributed by atoms with E-state index in [9.17, 15) is 43.2 Å². The number of aldehydes is 1. The molecule has 2 heterocycles. The van der Waals surface area contributed by atoms with Crippen molar-refractivity contribution in [3.8, 4) is 0 Å². The second-order valence-electron chi connectivity index (χ2n) is 19.5. The molecule has 0 radical (unpaired) electrons. The van der Waals surface area contributed by atoms with Gasteiger partial charge in [-0.25, -0.2) is 0 Å². The van der Waals surface area contributed by atoms with Crippen LogP contribution in [0.1, 0.15) is 132 Å². The molecule has 68 heavy (non-hydrogen) atoms. The molecule has 2 aliphatic heterocycles. The highest BCUT2D eigenvalue weighted by Crippen LogP contribution is 2.22. The Balaban J connectivity index is 2.12.